The van der Waals surface area contributed by atoms with E-state index in [2.05, 4.69) is 0 Å². The van der Waals surface area contributed by atoms with E-state index in [0.717, 1.165) is 37.2 Å². The van der Waals surface area contributed by atoms with Crippen molar-refractivity contribution in [3.05, 3.63) is 24.3 Å². The van der Waals surface area contributed by atoms with Crippen LogP contribution in [0.1, 0.15) is 25.7 Å². The minimum atomic E-state index is -0.323. The average Bonchev–Trinajstić information content (AvgIpc) is 2.33. The molecular formula is C13H18O3. The lowest BCUT2D eigenvalue weighted by atomic mass is 9.95. The molecule has 2 rings (SSSR count). The molecule has 16 heavy (non-hydrogen) atoms. The smallest absolute Gasteiger partial charge is 0.124 e. The zero-order valence-electron chi connectivity index (χ0n) is 9.56. The van der Waals surface area contributed by atoms with E-state index in [4.69, 9.17) is 9.47 Å². The number of hydrogen-bond acceptors (Lipinski definition) is 3. The summed E-state index contributed by atoms with van der Waals surface area (Å²) < 4.78 is 10.8. The number of ether oxygens (including phenoxy) is 2. The van der Waals surface area contributed by atoms with E-state index < -0.39 is 0 Å². The van der Waals surface area contributed by atoms with Crippen molar-refractivity contribution in [1.29, 1.82) is 0 Å². The molecule has 0 unspecified atom stereocenters. The van der Waals surface area contributed by atoms with Gasteiger partial charge in [0, 0.05) is 0 Å². The number of methoxy groups -OCH3 is 1. The summed E-state index contributed by atoms with van der Waals surface area (Å²) in [5.74, 6) is 1.61. The fraction of sp³-hybridized carbons (Fsp3) is 0.538. The van der Waals surface area contributed by atoms with Crippen LogP contribution >= 0.6 is 0 Å². The summed E-state index contributed by atoms with van der Waals surface area (Å²) in [6.07, 6.45) is 3.65. The summed E-state index contributed by atoms with van der Waals surface area (Å²) in [5.41, 5.74) is 0. The Morgan fingerprint density at radius 3 is 2.31 bits per heavy atom. The maximum absolute atomic E-state index is 9.78. The van der Waals surface area contributed by atoms with Gasteiger partial charge in [-0.05, 0) is 43.5 Å². The zero-order valence-corrected chi connectivity index (χ0v) is 9.56. The monoisotopic (exact) mass is 222 g/mol. The molecule has 1 aromatic carbocycles. The predicted octanol–water partition coefficient (Wildman–Crippen LogP) is 2.38. The van der Waals surface area contributed by atoms with Crippen molar-refractivity contribution in [1.82, 2.24) is 0 Å². The van der Waals surface area contributed by atoms with E-state index in [1.54, 1.807) is 7.11 Å². The fourth-order valence-corrected chi connectivity index (χ4v) is 2.04. The molecule has 2 atom stereocenters. The van der Waals surface area contributed by atoms with Gasteiger partial charge in [-0.15, -0.1) is 0 Å². The Bertz CT molecular complexity index is 320. The van der Waals surface area contributed by atoms with Gasteiger partial charge in [-0.3, -0.25) is 0 Å². The van der Waals surface area contributed by atoms with Gasteiger partial charge >= 0.3 is 0 Å². The molecule has 0 amide bonds. The van der Waals surface area contributed by atoms with Crippen LogP contribution < -0.4 is 9.47 Å². The van der Waals surface area contributed by atoms with Crippen molar-refractivity contribution >= 4 is 0 Å². The van der Waals surface area contributed by atoms with E-state index in [9.17, 15) is 5.11 Å². The van der Waals surface area contributed by atoms with Crippen molar-refractivity contribution < 1.29 is 14.6 Å². The molecule has 0 aliphatic heterocycles. The molecule has 1 fully saturated rings. The SMILES string of the molecule is COc1ccc(O[C@@H]2CCCC[C@H]2O)cc1. The second kappa shape index (κ2) is 5.21. The molecule has 1 N–H and O–H groups in total. The Balaban J connectivity index is 1.96. The van der Waals surface area contributed by atoms with Crippen LogP contribution in [-0.4, -0.2) is 24.4 Å². The Morgan fingerprint density at radius 2 is 1.69 bits per heavy atom. The highest BCUT2D eigenvalue weighted by atomic mass is 16.5. The number of benzene rings is 1. The minimum absolute atomic E-state index is 0.0536. The van der Waals surface area contributed by atoms with Crippen LogP contribution in [0.3, 0.4) is 0 Å². The standard InChI is InChI=1S/C13H18O3/c1-15-10-6-8-11(9-7-10)16-13-5-3-2-4-12(13)14/h6-9,12-14H,2-5H2,1H3/t12-,13-/m1/s1. The summed E-state index contributed by atoms with van der Waals surface area (Å²) in [7, 11) is 1.64. The first-order valence-corrected chi connectivity index (χ1v) is 5.78. The lowest BCUT2D eigenvalue weighted by Gasteiger charge is -2.28. The van der Waals surface area contributed by atoms with Crippen LogP contribution in [-0.2, 0) is 0 Å². The summed E-state index contributed by atoms with van der Waals surface area (Å²) in [4.78, 5) is 0. The molecule has 0 spiro atoms. The van der Waals surface area contributed by atoms with Crippen LogP contribution in [0.15, 0.2) is 24.3 Å². The second-order valence-electron chi connectivity index (χ2n) is 4.18. The first-order valence-electron chi connectivity index (χ1n) is 5.78. The summed E-state index contributed by atoms with van der Waals surface area (Å²) >= 11 is 0. The third-order valence-electron chi connectivity index (χ3n) is 3.01. The predicted molar refractivity (Wildman–Crippen MR) is 61.9 cm³/mol. The molecule has 3 heteroatoms. The quantitative estimate of drug-likeness (QED) is 0.853. The largest absolute Gasteiger partial charge is 0.497 e. The van der Waals surface area contributed by atoms with Gasteiger partial charge in [-0.2, -0.15) is 0 Å². The van der Waals surface area contributed by atoms with Crippen molar-refractivity contribution in [3.8, 4) is 11.5 Å². The Morgan fingerprint density at radius 1 is 1.06 bits per heavy atom. The van der Waals surface area contributed by atoms with E-state index in [-0.39, 0.29) is 12.2 Å². The van der Waals surface area contributed by atoms with E-state index in [1.807, 2.05) is 24.3 Å². The van der Waals surface area contributed by atoms with Gasteiger partial charge in [0.05, 0.1) is 13.2 Å². The Labute approximate surface area is 96.0 Å². The van der Waals surface area contributed by atoms with Gasteiger partial charge < -0.3 is 14.6 Å². The molecule has 88 valence electrons. The fourth-order valence-electron chi connectivity index (χ4n) is 2.04. The van der Waals surface area contributed by atoms with Crippen molar-refractivity contribution in [2.75, 3.05) is 7.11 Å². The lowest BCUT2D eigenvalue weighted by Crippen LogP contribution is -2.34. The van der Waals surface area contributed by atoms with Gasteiger partial charge in [0.15, 0.2) is 0 Å². The van der Waals surface area contributed by atoms with Gasteiger partial charge in [0.2, 0.25) is 0 Å². The molecule has 3 nitrogen and oxygen atoms in total. The van der Waals surface area contributed by atoms with Gasteiger partial charge in [-0.1, -0.05) is 6.42 Å². The molecule has 0 saturated heterocycles. The second-order valence-corrected chi connectivity index (χ2v) is 4.18. The number of aliphatic hydroxyl groups is 1. The molecule has 0 aromatic heterocycles. The van der Waals surface area contributed by atoms with Crippen LogP contribution in [0.5, 0.6) is 11.5 Å². The molecule has 1 saturated carbocycles. The molecule has 1 aromatic rings. The maximum Gasteiger partial charge on any atom is 0.124 e. The van der Waals surface area contributed by atoms with Gasteiger partial charge in [-0.25, -0.2) is 0 Å². The maximum atomic E-state index is 9.78. The third-order valence-corrected chi connectivity index (χ3v) is 3.01. The molecule has 1 aliphatic rings. The molecule has 1 aliphatic carbocycles. The Kier molecular flexibility index (Phi) is 3.67. The summed E-state index contributed by atoms with van der Waals surface area (Å²) in [5, 5.41) is 9.78. The highest BCUT2D eigenvalue weighted by Gasteiger charge is 2.24. The van der Waals surface area contributed by atoms with Crippen LogP contribution in [0.2, 0.25) is 0 Å². The molecular weight excluding hydrogens is 204 g/mol. The minimum Gasteiger partial charge on any atom is -0.497 e. The average molecular weight is 222 g/mol. The van der Waals surface area contributed by atoms with E-state index in [1.165, 1.54) is 0 Å². The topological polar surface area (TPSA) is 38.7 Å². The molecule has 0 bridgehead atoms. The normalized spacial score (nSPS) is 25.1. The number of hydrogen-bond donors (Lipinski definition) is 1. The van der Waals surface area contributed by atoms with Crippen LogP contribution in [0, 0.1) is 0 Å². The van der Waals surface area contributed by atoms with Crippen molar-refractivity contribution in [3.63, 3.8) is 0 Å². The molecule has 0 radical (unpaired) electrons. The first kappa shape index (κ1) is 11.3. The summed E-state index contributed by atoms with van der Waals surface area (Å²) in [6.45, 7) is 0. The molecule has 0 heterocycles. The van der Waals surface area contributed by atoms with E-state index >= 15 is 0 Å². The van der Waals surface area contributed by atoms with Crippen LogP contribution in [0.25, 0.3) is 0 Å². The lowest BCUT2D eigenvalue weighted by molar-refractivity contribution is 0.00685. The zero-order chi connectivity index (χ0) is 11.4. The van der Waals surface area contributed by atoms with Crippen molar-refractivity contribution in [2.24, 2.45) is 0 Å². The highest BCUT2D eigenvalue weighted by Crippen LogP contribution is 2.25. The van der Waals surface area contributed by atoms with Crippen LogP contribution in [0.4, 0.5) is 0 Å². The van der Waals surface area contributed by atoms with Crippen molar-refractivity contribution in [2.45, 2.75) is 37.9 Å². The first-order chi connectivity index (χ1) is 7.79. The third kappa shape index (κ3) is 2.67. The van der Waals surface area contributed by atoms with E-state index in [0.29, 0.717) is 0 Å². The number of rotatable bonds is 3. The summed E-state index contributed by atoms with van der Waals surface area (Å²) in [6, 6.07) is 7.48. The van der Waals surface area contributed by atoms with Gasteiger partial charge in [0.25, 0.3) is 0 Å². The number of aliphatic hydroxyl groups excluding tert-OH is 1. The Hall–Kier alpha value is -1.22. The highest BCUT2D eigenvalue weighted by molar-refractivity contribution is 5.31. The van der Waals surface area contributed by atoms with Gasteiger partial charge in [0.1, 0.15) is 17.6 Å².